The molecule has 0 saturated heterocycles. The van der Waals surface area contributed by atoms with Crippen LogP contribution in [0.15, 0.2) is 42.5 Å². The van der Waals surface area contributed by atoms with E-state index in [-0.39, 0.29) is 11.9 Å². The van der Waals surface area contributed by atoms with Gasteiger partial charge in [0.25, 0.3) is 5.91 Å². The number of hydrogen-bond acceptors (Lipinski definition) is 4. The van der Waals surface area contributed by atoms with Crippen LogP contribution in [0.4, 0.5) is 0 Å². The molecule has 0 aliphatic rings. The summed E-state index contributed by atoms with van der Waals surface area (Å²) in [6.45, 7) is 5.95. The Hall–Kier alpha value is -2.69. The summed E-state index contributed by atoms with van der Waals surface area (Å²) in [6.07, 6.45) is 0.796. The van der Waals surface area contributed by atoms with Crippen LogP contribution < -0.4 is 19.5 Å². The lowest BCUT2D eigenvalue weighted by Crippen LogP contribution is -2.40. The first-order chi connectivity index (χ1) is 13.0. The molecule has 1 N–H and O–H groups in total. The number of benzene rings is 2. The van der Waals surface area contributed by atoms with Crippen LogP contribution in [0.3, 0.4) is 0 Å². The van der Waals surface area contributed by atoms with Gasteiger partial charge in [-0.3, -0.25) is 4.79 Å². The quantitative estimate of drug-likeness (QED) is 0.708. The lowest BCUT2D eigenvalue weighted by Gasteiger charge is -2.23. The number of carbonyl (C=O) groups excluding carboxylic acids is 1. The molecular formula is C22H29NO4. The number of hydrogen-bond donors (Lipinski definition) is 1. The van der Waals surface area contributed by atoms with E-state index < -0.39 is 6.10 Å². The highest BCUT2D eigenvalue weighted by Crippen LogP contribution is 2.31. The van der Waals surface area contributed by atoms with E-state index in [0.29, 0.717) is 17.9 Å². The van der Waals surface area contributed by atoms with E-state index in [4.69, 9.17) is 14.2 Å². The standard InChI is InChI=1S/C22H29NO4/c1-6-17(16-12-13-20(25-4)21(14-16)26-5)23-22(24)18(7-2)27-19-11-9-8-10-15(19)3/h8-14,17-18H,6-7H2,1-5H3,(H,23,24)/t17-,18-/m0/s1. The fourth-order valence-electron chi connectivity index (χ4n) is 2.92. The lowest BCUT2D eigenvalue weighted by atomic mass is 10.0. The molecule has 27 heavy (non-hydrogen) atoms. The fourth-order valence-corrected chi connectivity index (χ4v) is 2.92. The Morgan fingerprint density at radius 1 is 0.963 bits per heavy atom. The lowest BCUT2D eigenvalue weighted by molar-refractivity contribution is -0.129. The van der Waals surface area contributed by atoms with Crippen LogP contribution in [0.25, 0.3) is 0 Å². The third-order valence-corrected chi connectivity index (χ3v) is 4.56. The molecule has 146 valence electrons. The van der Waals surface area contributed by atoms with Gasteiger partial charge in [0.1, 0.15) is 5.75 Å². The van der Waals surface area contributed by atoms with Crippen molar-refractivity contribution in [2.45, 2.75) is 45.8 Å². The van der Waals surface area contributed by atoms with E-state index >= 15 is 0 Å². The second-order valence-electron chi connectivity index (χ2n) is 6.36. The monoisotopic (exact) mass is 371 g/mol. The van der Waals surface area contributed by atoms with E-state index in [2.05, 4.69) is 5.32 Å². The number of amides is 1. The number of ether oxygens (including phenoxy) is 3. The van der Waals surface area contributed by atoms with Crippen molar-refractivity contribution in [1.29, 1.82) is 0 Å². The molecule has 0 bridgehead atoms. The van der Waals surface area contributed by atoms with E-state index in [0.717, 1.165) is 23.3 Å². The van der Waals surface area contributed by atoms with Gasteiger partial charge in [-0.05, 0) is 49.1 Å². The van der Waals surface area contributed by atoms with Crippen molar-refractivity contribution < 1.29 is 19.0 Å². The molecule has 0 aliphatic carbocycles. The summed E-state index contributed by atoms with van der Waals surface area (Å²) in [4.78, 5) is 12.8. The average molecular weight is 371 g/mol. The first-order valence-electron chi connectivity index (χ1n) is 9.28. The van der Waals surface area contributed by atoms with Crippen LogP contribution in [0.1, 0.15) is 43.9 Å². The van der Waals surface area contributed by atoms with E-state index in [1.165, 1.54) is 0 Å². The van der Waals surface area contributed by atoms with Crippen LogP contribution >= 0.6 is 0 Å². The first kappa shape index (κ1) is 20.6. The molecule has 0 heterocycles. The average Bonchev–Trinajstić information content (AvgIpc) is 2.70. The van der Waals surface area contributed by atoms with Crippen molar-refractivity contribution in [2.75, 3.05) is 14.2 Å². The number of para-hydroxylation sites is 1. The van der Waals surface area contributed by atoms with Gasteiger partial charge in [0.2, 0.25) is 0 Å². The number of carbonyl (C=O) groups is 1. The maximum absolute atomic E-state index is 12.8. The highest BCUT2D eigenvalue weighted by molar-refractivity contribution is 5.81. The third kappa shape index (κ3) is 5.16. The van der Waals surface area contributed by atoms with Crippen LogP contribution in [0.2, 0.25) is 0 Å². The minimum Gasteiger partial charge on any atom is -0.493 e. The summed E-state index contributed by atoms with van der Waals surface area (Å²) in [5, 5.41) is 3.10. The van der Waals surface area contributed by atoms with Crippen LogP contribution in [0.5, 0.6) is 17.2 Å². The zero-order chi connectivity index (χ0) is 19.8. The molecule has 0 spiro atoms. The van der Waals surface area contributed by atoms with Gasteiger partial charge >= 0.3 is 0 Å². The van der Waals surface area contributed by atoms with Crippen molar-refractivity contribution in [3.8, 4) is 17.2 Å². The molecule has 2 rings (SSSR count). The van der Waals surface area contributed by atoms with Gasteiger partial charge in [-0.25, -0.2) is 0 Å². The SMILES string of the molecule is CC[C@H](Oc1ccccc1C)C(=O)N[C@@H](CC)c1ccc(OC)c(OC)c1. The molecule has 1 amide bonds. The maximum Gasteiger partial charge on any atom is 0.261 e. The van der Waals surface area contributed by atoms with Gasteiger partial charge in [-0.15, -0.1) is 0 Å². The van der Waals surface area contributed by atoms with Crippen molar-refractivity contribution in [3.63, 3.8) is 0 Å². The largest absolute Gasteiger partial charge is 0.493 e. The molecule has 0 fully saturated rings. The Morgan fingerprint density at radius 3 is 2.26 bits per heavy atom. The Balaban J connectivity index is 2.14. The molecule has 5 heteroatoms. The van der Waals surface area contributed by atoms with Gasteiger partial charge in [-0.1, -0.05) is 38.1 Å². The Bertz CT molecular complexity index is 760. The fraction of sp³-hybridized carbons (Fsp3) is 0.409. The van der Waals surface area contributed by atoms with Gasteiger partial charge in [0.15, 0.2) is 17.6 Å². The minimum absolute atomic E-state index is 0.123. The predicted octanol–water partition coefficient (Wildman–Crippen LogP) is 4.44. The van der Waals surface area contributed by atoms with Crippen molar-refractivity contribution in [1.82, 2.24) is 5.32 Å². The van der Waals surface area contributed by atoms with Crippen molar-refractivity contribution in [2.24, 2.45) is 0 Å². The van der Waals surface area contributed by atoms with Crippen LogP contribution in [-0.2, 0) is 4.79 Å². The minimum atomic E-state index is -0.541. The molecule has 0 aliphatic heterocycles. The summed E-state index contributed by atoms with van der Waals surface area (Å²) in [5.41, 5.74) is 1.98. The topological polar surface area (TPSA) is 56.8 Å². The summed E-state index contributed by atoms with van der Waals surface area (Å²) >= 11 is 0. The Kier molecular flexibility index (Phi) is 7.53. The third-order valence-electron chi connectivity index (χ3n) is 4.56. The summed E-state index contributed by atoms with van der Waals surface area (Å²) in [6, 6.07) is 13.3. The van der Waals surface area contributed by atoms with Gasteiger partial charge < -0.3 is 19.5 Å². The predicted molar refractivity (Wildman–Crippen MR) is 107 cm³/mol. The summed E-state index contributed by atoms with van der Waals surface area (Å²) < 4.78 is 16.6. The Morgan fingerprint density at radius 2 is 1.67 bits per heavy atom. The zero-order valence-corrected chi connectivity index (χ0v) is 16.7. The molecule has 5 nitrogen and oxygen atoms in total. The first-order valence-corrected chi connectivity index (χ1v) is 9.28. The molecule has 2 aromatic rings. The number of methoxy groups -OCH3 is 2. The van der Waals surface area contributed by atoms with E-state index in [9.17, 15) is 4.79 Å². The Labute approximate surface area is 161 Å². The van der Waals surface area contributed by atoms with Gasteiger partial charge in [0.05, 0.1) is 20.3 Å². The summed E-state index contributed by atoms with van der Waals surface area (Å²) in [5.74, 6) is 1.92. The normalized spacial score (nSPS) is 12.8. The number of nitrogens with one attached hydrogen (secondary N) is 1. The second-order valence-corrected chi connectivity index (χ2v) is 6.36. The van der Waals surface area contributed by atoms with E-state index in [1.54, 1.807) is 14.2 Å². The second kappa shape index (κ2) is 9.86. The van der Waals surface area contributed by atoms with Gasteiger partial charge in [0, 0.05) is 0 Å². The highest BCUT2D eigenvalue weighted by atomic mass is 16.5. The molecule has 0 radical (unpaired) electrons. The van der Waals surface area contributed by atoms with E-state index in [1.807, 2.05) is 63.2 Å². The van der Waals surface area contributed by atoms with Crippen molar-refractivity contribution >= 4 is 5.91 Å². The number of rotatable bonds is 9. The molecule has 0 aromatic heterocycles. The smallest absolute Gasteiger partial charge is 0.261 e. The molecular weight excluding hydrogens is 342 g/mol. The van der Waals surface area contributed by atoms with Crippen LogP contribution in [-0.4, -0.2) is 26.2 Å². The highest BCUT2D eigenvalue weighted by Gasteiger charge is 2.23. The van der Waals surface area contributed by atoms with Crippen LogP contribution in [0, 0.1) is 6.92 Å². The van der Waals surface area contributed by atoms with Crippen molar-refractivity contribution in [3.05, 3.63) is 53.6 Å². The summed E-state index contributed by atoms with van der Waals surface area (Å²) in [7, 11) is 3.20. The zero-order valence-electron chi connectivity index (χ0n) is 16.7. The molecule has 0 saturated carbocycles. The maximum atomic E-state index is 12.8. The molecule has 2 atom stereocenters. The molecule has 2 aromatic carbocycles. The molecule has 0 unspecified atom stereocenters. The number of aryl methyl sites for hydroxylation is 1. The van der Waals surface area contributed by atoms with Gasteiger partial charge in [-0.2, -0.15) is 0 Å².